The molecule has 0 aliphatic carbocycles. The van der Waals surface area contributed by atoms with Crippen molar-refractivity contribution in [3.8, 4) is 0 Å². The highest BCUT2D eigenvalue weighted by atomic mass is 32.1. The van der Waals surface area contributed by atoms with Gasteiger partial charge in [-0.05, 0) is 54.5 Å². The highest BCUT2D eigenvalue weighted by Gasteiger charge is 2.49. The van der Waals surface area contributed by atoms with Crippen molar-refractivity contribution in [2.45, 2.75) is 49.9 Å². The molecule has 2 aliphatic heterocycles. The zero-order valence-electron chi connectivity index (χ0n) is 8.82. The Morgan fingerprint density at radius 3 is 3.07 bits per heavy atom. The summed E-state index contributed by atoms with van der Waals surface area (Å²) in [5.74, 6) is 0. The molecule has 0 spiro atoms. The zero-order valence-corrected chi connectivity index (χ0v) is 9.63. The average molecular weight is 223 g/mol. The number of hydrogen-bond donors (Lipinski definition) is 1. The van der Waals surface area contributed by atoms with Gasteiger partial charge in [0.05, 0.1) is 12.2 Å². The zero-order chi connectivity index (χ0) is 10.3. The molecule has 1 aromatic rings. The molecule has 2 nitrogen and oxygen atoms in total. The second-order valence-corrected chi connectivity index (χ2v) is 5.67. The Hall–Kier alpha value is -0.380. The molecule has 0 aromatic carbocycles. The molecule has 15 heavy (non-hydrogen) atoms. The molecule has 0 amide bonds. The molecule has 3 heteroatoms. The molecule has 1 aromatic heterocycles. The van der Waals surface area contributed by atoms with Crippen LogP contribution in [0.25, 0.3) is 0 Å². The van der Waals surface area contributed by atoms with Crippen molar-refractivity contribution in [1.29, 1.82) is 0 Å². The predicted molar refractivity (Wildman–Crippen MR) is 62.1 cm³/mol. The normalized spacial score (nSPS) is 38.7. The maximum Gasteiger partial charge on any atom is 0.0760 e. The molecule has 82 valence electrons. The van der Waals surface area contributed by atoms with Crippen LogP contribution in [0.1, 0.15) is 31.2 Å². The second kappa shape index (κ2) is 3.58. The van der Waals surface area contributed by atoms with Crippen molar-refractivity contribution in [2.24, 2.45) is 5.73 Å². The van der Waals surface area contributed by atoms with Crippen molar-refractivity contribution in [2.75, 3.05) is 0 Å². The summed E-state index contributed by atoms with van der Waals surface area (Å²) in [4.78, 5) is 0. The van der Waals surface area contributed by atoms with Crippen LogP contribution in [0.2, 0.25) is 0 Å². The fraction of sp³-hybridized carbons (Fsp3) is 0.667. The fourth-order valence-corrected chi connectivity index (χ4v) is 3.61. The standard InChI is InChI=1S/C12H17NOS/c13-12(5-3-9-4-6-15-8-9)7-10-1-2-11(12)14-10/h4,6,8,10-11H,1-3,5,7,13H2. The minimum atomic E-state index is -0.0369. The van der Waals surface area contributed by atoms with Gasteiger partial charge in [0, 0.05) is 5.54 Å². The number of thiophene rings is 1. The van der Waals surface area contributed by atoms with Gasteiger partial charge in [-0.2, -0.15) is 11.3 Å². The van der Waals surface area contributed by atoms with Crippen LogP contribution in [0.5, 0.6) is 0 Å². The van der Waals surface area contributed by atoms with Crippen molar-refractivity contribution >= 4 is 11.3 Å². The third-order valence-electron chi connectivity index (χ3n) is 3.82. The molecule has 2 aliphatic rings. The van der Waals surface area contributed by atoms with Crippen molar-refractivity contribution in [3.63, 3.8) is 0 Å². The van der Waals surface area contributed by atoms with Crippen LogP contribution < -0.4 is 5.73 Å². The van der Waals surface area contributed by atoms with Crippen LogP contribution in [0.15, 0.2) is 16.8 Å². The van der Waals surface area contributed by atoms with Gasteiger partial charge >= 0.3 is 0 Å². The van der Waals surface area contributed by atoms with Gasteiger partial charge in [0.15, 0.2) is 0 Å². The minimum absolute atomic E-state index is 0.0369. The highest BCUT2D eigenvalue weighted by Crippen LogP contribution is 2.42. The van der Waals surface area contributed by atoms with Crippen LogP contribution in [0.4, 0.5) is 0 Å². The van der Waals surface area contributed by atoms with E-state index in [1.165, 1.54) is 18.4 Å². The molecule has 2 saturated heterocycles. The molecule has 2 N–H and O–H groups in total. The van der Waals surface area contributed by atoms with Gasteiger partial charge in [0.2, 0.25) is 0 Å². The molecule has 2 fully saturated rings. The third kappa shape index (κ3) is 1.73. The van der Waals surface area contributed by atoms with E-state index in [4.69, 9.17) is 10.5 Å². The summed E-state index contributed by atoms with van der Waals surface area (Å²) in [6, 6.07) is 2.20. The minimum Gasteiger partial charge on any atom is -0.373 e. The topological polar surface area (TPSA) is 35.2 Å². The van der Waals surface area contributed by atoms with E-state index in [2.05, 4.69) is 16.8 Å². The summed E-state index contributed by atoms with van der Waals surface area (Å²) in [6.07, 6.45) is 6.44. The SMILES string of the molecule is NC1(CCc2ccsc2)CC2CCC1O2. The maximum atomic E-state index is 6.44. The number of rotatable bonds is 3. The van der Waals surface area contributed by atoms with E-state index in [0.717, 1.165) is 19.3 Å². The number of nitrogens with two attached hydrogens (primary N) is 1. The van der Waals surface area contributed by atoms with Crippen LogP contribution in [-0.4, -0.2) is 17.7 Å². The van der Waals surface area contributed by atoms with Crippen LogP contribution >= 0.6 is 11.3 Å². The summed E-state index contributed by atoms with van der Waals surface area (Å²) in [5.41, 5.74) is 7.83. The van der Waals surface area contributed by atoms with Crippen molar-refractivity contribution in [3.05, 3.63) is 22.4 Å². The van der Waals surface area contributed by atoms with E-state index in [1.807, 2.05) is 0 Å². The summed E-state index contributed by atoms with van der Waals surface area (Å²) in [5, 5.41) is 4.35. The number of ether oxygens (including phenoxy) is 1. The quantitative estimate of drug-likeness (QED) is 0.853. The average Bonchev–Trinajstić information content (AvgIpc) is 2.90. The Bertz CT molecular complexity index is 337. The first-order chi connectivity index (χ1) is 7.26. The number of fused-ring (bicyclic) bond motifs is 2. The lowest BCUT2D eigenvalue weighted by Gasteiger charge is -2.31. The fourth-order valence-electron chi connectivity index (χ4n) is 2.91. The van der Waals surface area contributed by atoms with E-state index in [-0.39, 0.29) is 5.54 Å². The molecule has 3 unspecified atom stereocenters. The molecule has 2 bridgehead atoms. The Morgan fingerprint density at radius 2 is 2.47 bits per heavy atom. The third-order valence-corrected chi connectivity index (χ3v) is 4.55. The summed E-state index contributed by atoms with van der Waals surface area (Å²) in [7, 11) is 0. The lowest BCUT2D eigenvalue weighted by Crippen LogP contribution is -2.48. The molecule has 0 saturated carbocycles. The van der Waals surface area contributed by atoms with Crippen LogP contribution in [-0.2, 0) is 11.2 Å². The first kappa shape index (κ1) is 9.82. The number of aryl methyl sites for hydroxylation is 1. The van der Waals surface area contributed by atoms with Crippen molar-refractivity contribution < 1.29 is 4.74 Å². The van der Waals surface area contributed by atoms with Gasteiger partial charge in [-0.1, -0.05) is 0 Å². The second-order valence-electron chi connectivity index (χ2n) is 4.89. The van der Waals surface area contributed by atoms with E-state index in [0.29, 0.717) is 12.2 Å². The Balaban J connectivity index is 1.63. The van der Waals surface area contributed by atoms with Crippen LogP contribution in [0.3, 0.4) is 0 Å². The Morgan fingerprint density at radius 1 is 1.53 bits per heavy atom. The molecule has 0 radical (unpaired) electrons. The molecular weight excluding hydrogens is 206 g/mol. The highest BCUT2D eigenvalue weighted by molar-refractivity contribution is 7.07. The predicted octanol–water partition coefficient (Wildman–Crippen LogP) is 2.33. The van der Waals surface area contributed by atoms with Gasteiger partial charge in [-0.15, -0.1) is 0 Å². The van der Waals surface area contributed by atoms with E-state index >= 15 is 0 Å². The molecule has 3 rings (SSSR count). The van der Waals surface area contributed by atoms with Gasteiger partial charge in [0.25, 0.3) is 0 Å². The molecule has 3 atom stereocenters. The first-order valence-electron chi connectivity index (χ1n) is 5.72. The van der Waals surface area contributed by atoms with Gasteiger partial charge in [0.1, 0.15) is 0 Å². The summed E-state index contributed by atoms with van der Waals surface area (Å²) < 4.78 is 5.84. The molecular formula is C12H17NOS. The maximum absolute atomic E-state index is 6.44. The Labute approximate surface area is 94.4 Å². The first-order valence-corrected chi connectivity index (χ1v) is 6.66. The van der Waals surface area contributed by atoms with E-state index in [9.17, 15) is 0 Å². The van der Waals surface area contributed by atoms with Crippen molar-refractivity contribution in [1.82, 2.24) is 0 Å². The lowest BCUT2D eigenvalue weighted by atomic mass is 9.79. The van der Waals surface area contributed by atoms with Crippen LogP contribution in [0, 0.1) is 0 Å². The largest absolute Gasteiger partial charge is 0.373 e. The summed E-state index contributed by atoms with van der Waals surface area (Å²) in [6.45, 7) is 0. The summed E-state index contributed by atoms with van der Waals surface area (Å²) >= 11 is 1.76. The van der Waals surface area contributed by atoms with Gasteiger partial charge < -0.3 is 10.5 Å². The number of hydrogen-bond acceptors (Lipinski definition) is 3. The van der Waals surface area contributed by atoms with E-state index in [1.54, 1.807) is 11.3 Å². The van der Waals surface area contributed by atoms with Gasteiger partial charge in [-0.3, -0.25) is 0 Å². The smallest absolute Gasteiger partial charge is 0.0760 e. The lowest BCUT2D eigenvalue weighted by molar-refractivity contribution is 0.0839. The van der Waals surface area contributed by atoms with E-state index < -0.39 is 0 Å². The Kier molecular flexibility index (Phi) is 2.34. The molecule has 3 heterocycles. The van der Waals surface area contributed by atoms with Gasteiger partial charge in [-0.25, -0.2) is 0 Å². The monoisotopic (exact) mass is 223 g/mol.